The number of urea groups is 1. The molecule has 2 unspecified atom stereocenters. The first-order valence-corrected chi connectivity index (χ1v) is 13.5. The minimum atomic E-state index is -2.90. The van der Waals surface area contributed by atoms with Crippen molar-refractivity contribution in [3.05, 3.63) is 78.4 Å². The average Bonchev–Trinajstić information content (AvgIpc) is 2.84. The van der Waals surface area contributed by atoms with E-state index in [0.29, 0.717) is 28.8 Å². The van der Waals surface area contributed by atoms with Gasteiger partial charge in [-0.25, -0.2) is 13.7 Å². The van der Waals surface area contributed by atoms with Crippen LogP contribution in [0.3, 0.4) is 0 Å². The Bertz CT molecular complexity index is 1220. The number of nitrogens with one attached hydrogen (secondary N) is 3. The Morgan fingerprint density at radius 2 is 1.66 bits per heavy atom. The summed E-state index contributed by atoms with van der Waals surface area (Å²) in [7, 11) is -1.33. The van der Waals surface area contributed by atoms with Crippen molar-refractivity contribution in [1.29, 1.82) is 0 Å². The molecule has 0 spiro atoms. The van der Waals surface area contributed by atoms with E-state index in [4.69, 9.17) is 4.74 Å². The van der Waals surface area contributed by atoms with Crippen LogP contribution in [-0.2, 0) is 9.71 Å². The first-order chi connectivity index (χ1) is 16.7. The molecule has 186 valence electrons. The van der Waals surface area contributed by atoms with Gasteiger partial charge in [0.15, 0.2) is 0 Å². The quantitative estimate of drug-likeness (QED) is 0.309. The molecule has 2 amide bonds. The van der Waals surface area contributed by atoms with Crippen molar-refractivity contribution < 1.29 is 13.7 Å². The third-order valence-electron chi connectivity index (χ3n) is 5.57. The molecule has 0 heterocycles. The zero-order valence-electron chi connectivity index (χ0n) is 20.8. The van der Waals surface area contributed by atoms with Crippen molar-refractivity contribution in [3.63, 3.8) is 0 Å². The maximum Gasteiger partial charge on any atom is 0.319 e. The minimum absolute atomic E-state index is 0.116. The van der Waals surface area contributed by atoms with Crippen molar-refractivity contribution in [2.24, 2.45) is 5.92 Å². The van der Waals surface area contributed by atoms with Gasteiger partial charge in [-0.3, -0.25) is 0 Å². The predicted molar refractivity (Wildman–Crippen MR) is 146 cm³/mol. The van der Waals surface area contributed by atoms with Crippen LogP contribution in [0.5, 0.6) is 5.75 Å². The molecule has 0 aromatic heterocycles. The molecule has 2 atom stereocenters. The number of rotatable bonds is 10. The van der Waals surface area contributed by atoms with Crippen LogP contribution in [0.4, 0.5) is 10.5 Å². The summed E-state index contributed by atoms with van der Waals surface area (Å²) in [6, 6.07) is 22.8. The van der Waals surface area contributed by atoms with Crippen molar-refractivity contribution >= 4 is 27.3 Å². The van der Waals surface area contributed by atoms with Gasteiger partial charge in [0, 0.05) is 18.3 Å². The fraction of sp³-hybridized carbons (Fsp3) is 0.286. The molecule has 0 fully saturated rings. The lowest BCUT2D eigenvalue weighted by atomic mass is 9.98. The van der Waals surface area contributed by atoms with Gasteiger partial charge < -0.3 is 15.4 Å². The second-order valence-electron chi connectivity index (χ2n) is 8.81. The Labute approximate surface area is 209 Å². The lowest BCUT2D eigenvalue weighted by Gasteiger charge is -2.25. The van der Waals surface area contributed by atoms with E-state index >= 15 is 0 Å². The van der Waals surface area contributed by atoms with Gasteiger partial charge in [0.05, 0.1) is 21.7 Å². The van der Waals surface area contributed by atoms with Crippen LogP contribution in [0, 0.1) is 5.92 Å². The van der Waals surface area contributed by atoms with Crippen molar-refractivity contribution in [2.75, 3.05) is 19.0 Å². The van der Waals surface area contributed by atoms with E-state index in [-0.39, 0.29) is 12.1 Å². The highest BCUT2D eigenvalue weighted by molar-refractivity contribution is 7.98. The first-order valence-electron chi connectivity index (χ1n) is 11.8. The molecule has 0 aliphatic rings. The van der Waals surface area contributed by atoms with E-state index in [1.165, 1.54) is 0 Å². The van der Waals surface area contributed by atoms with Crippen LogP contribution in [-0.4, -0.2) is 29.8 Å². The van der Waals surface area contributed by atoms with Gasteiger partial charge in [-0.15, -0.1) is 0 Å². The highest BCUT2D eigenvalue weighted by Crippen LogP contribution is 2.32. The van der Waals surface area contributed by atoms with E-state index in [0.717, 1.165) is 23.1 Å². The molecule has 3 N–H and O–H groups in total. The lowest BCUT2D eigenvalue weighted by molar-refractivity contribution is 0.252. The Morgan fingerprint density at radius 1 is 1.00 bits per heavy atom. The second-order valence-corrected chi connectivity index (χ2v) is 10.8. The summed E-state index contributed by atoms with van der Waals surface area (Å²) in [5, 5.41) is 5.50. The van der Waals surface area contributed by atoms with Gasteiger partial charge in [-0.2, -0.15) is 0 Å². The fourth-order valence-corrected chi connectivity index (χ4v) is 5.51. The number of carbonyl (C=O) groups is 1. The van der Waals surface area contributed by atoms with E-state index < -0.39 is 9.71 Å². The van der Waals surface area contributed by atoms with Gasteiger partial charge in [-0.1, -0.05) is 62.4 Å². The topological polar surface area (TPSA) is 79.5 Å². The number of ether oxygens (including phenoxy) is 1. The van der Waals surface area contributed by atoms with Crippen LogP contribution >= 0.6 is 0 Å². The van der Waals surface area contributed by atoms with Crippen molar-refractivity contribution in [2.45, 2.75) is 38.1 Å². The van der Waals surface area contributed by atoms with E-state index in [2.05, 4.69) is 35.1 Å². The van der Waals surface area contributed by atoms with Crippen LogP contribution < -0.4 is 20.1 Å². The molecule has 3 aromatic carbocycles. The standard InChI is InChI=1S/C28H35N3O3S/c1-6-29-28(32)30-24-15-12-21(13-16-24)23-14-17-26(34-4)27(19-23)35(5,33)31-25(18-20(2)3)22-10-8-7-9-11-22/h7-17,19-20,25H,5-6,18H2,1-4H3,(H,31,33)(H2,29,30,32). The number of carbonyl (C=O) groups excluding carboxylic acids is 1. The third-order valence-corrected chi connectivity index (χ3v) is 7.27. The molecule has 35 heavy (non-hydrogen) atoms. The number of amides is 2. The number of methoxy groups -OCH3 is 1. The average molecular weight is 494 g/mol. The molecule has 0 bridgehead atoms. The van der Waals surface area contributed by atoms with Gasteiger partial charge >= 0.3 is 6.03 Å². The summed E-state index contributed by atoms with van der Waals surface area (Å²) in [5.41, 5.74) is 3.56. The Hall–Kier alpha value is -3.29. The van der Waals surface area contributed by atoms with Gasteiger partial charge in [-0.05, 0) is 66.1 Å². The normalized spacial score (nSPS) is 13.6. The predicted octanol–water partition coefficient (Wildman–Crippen LogP) is 5.87. The maximum absolute atomic E-state index is 14.0. The molecule has 0 aliphatic heterocycles. The number of hydrogen-bond donors (Lipinski definition) is 3. The monoisotopic (exact) mass is 493 g/mol. The van der Waals surface area contributed by atoms with Crippen LogP contribution in [0.25, 0.3) is 11.1 Å². The Balaban J connectivity index is 1.91. The SMILES string of the molecule is C=S(=O)(NC(CC(C)C)c1ccccc1)c1cc(-c2ccc(NC(=O)NCC)cc2)ccc1OC. The van der Waals surface area contributed by atoms with Gasteiger partial charge in [0.1, 0.15) is 5.75 Å². The molecule has 7 heteroatoms. The zero-order valence-corrected chi connectivity index (χ0v) is 21.7. The molecule has 0 saturated heterocycles. The number of benzene rings is 3. The molecule has 3 rings (SSSR count). The minimum Gasteiger partial charge on any atom is -0.495 e. The highest BCUT2D eigenvalue weighted by Gasteiger charge is 2.22. The summed E-state index contributed by atoms with van der Waals surface area (Å²) >= 11 is 0. The Morgan fingerprint density at radius 3 is 2.26 bits per heavy atom. The molecule has 0 aliphatic carbocycles. The maximum atomic E-state index is 14.0. The lowest BCUT2D eigenvalue weighted by Crippen LogP contribution is -2.30. The number of hydrogen-bond acceptors (Lipinski definition) is 3. The van der Waals surface area contributed by atoms with Gasteiger partial charge in [0.2, 0.25) is 0 Å². The summed E-state index contributed by atoms with van der Waals surface area (Å²) in [6.45, 7) is 6.71. The summed E-state index contributed by atoms with van der Waals surface area (Å²) < 4.78 is 22.9. The smallest absolute Gasteiger partial charge is 0.319 e. The molecule has 3 aromatic rings. The van der Waals surface area contributed by atoms with Crippen LogP contribution in [0.2, 0.25) is 0 Å². The molecule has 6 nitrogen and oxygen atoms in total. The van der Waals surface area contributed by atoms with E-state index in [1.807, 2.05) is 79.7 Å². The van der Waals surface area contributed by atoms with Crippen molar-refractivity contribution in [1.82, 2.24) is 10.0 Å². The van der Waals surface area contributed by atoms with Gasteiger partial charge in [0.25, 0.3) is 0 Å². The third kappa shape index (κ3) is 7.10. The number of anilines is 1. The summed E-state index contributed by atoms with van der Waals surface area (Å²) in [6.07, 6.45) is 0.818. The second kappa shape index (κ2) is 11.9. The Kier molecular flexibility index (Phi) is 8.95. The zero-order chi connectivity index (χ0) is 25.4. The van der Waals surface area contributed by atoms with Crippen molar-refractivity contribution in [3.8, 4) is 16.9 Å². The van der Waals surface area contributed by atoms with Crippen LogP contribution in [0.1, 0.15) is 38.8 Å². The first kappa shape index (κ1) is 26.3. The molecule has 0 radical (unpaired) electrons. The molecular weight excluding hydrogens is 458 g/mol. The van der Waals surface area contributed by atoms with Crippen LogP contribution in [0.15, 0.2) is 77.7 Å². The summed E-state index contributed by atoms with van der Waals surface area (Å²) in [5.74, 6) is 5.03. The highest BCUT2D eigenvalue weighted by atomic mass is 32.2. The van der Waals surface area contributed by atoms with E-state index in [1.54, 1.807) is 7.11 Å². The molecular formula is C28H35N3O3S. The molecule has 0 saturated carbocycles. The largest absolute Gasteiger partial charge is 0.495 e. The summed E-state index contributed by atoms with van der Waals surface area (Å²) in [4.78, 5) is 12.3. The fourth-order valence-electron chi connectivity index (χ4n) is 3.90. The van der Waals surface area contributed by atoms with E-state index in [9.17, 15) is 9.00 Å².